The average molecular weight is 248 g/mol. The van der Waals surface area contributed by atoms with E-state index in [1.54, 1.807) is 0 Å². The molecule has 0 saturated carbocycles. The lowest BCUT2D eigenvalue weighted by atomic mass is 9.87. The average Bonchev–Trinajstić information content (AvgIpc) is 2.25. The van der Waals surface area contributed by atoms with Crippen molar-refractivity contribution in [2.24, 2.45) is 0 Å². The van der Waals surface area contributed by atoms with Crippen molar-refractivity contribution < 1.29 is 9.90 Å². The summed E-state index contributed by atoms with van der Waals surface area (Å²) >= 11 is 0. The summed E-state index contributed by atoms with van der Waals surface area (Å²) in [5, 5.41) is 15.6. The first-order valence-corrected chi connectivity index (χ1v) is 6.28. The monoisotopic (exact) mass is 248 g/mol. The molecule has 0 aromatic heterocycles. The van der Waals surface area contributed by atoms with E-state index in [0.717, 1.165) is 13.1 Å². The van der Waals surface area contributed by atoms with E-state index in [-0.39, 0.29) is 18.0 Å². The van der Waals surface area contributed by atoms with Crippen LogP contribution in [-0.4, -0.2) is 29.7 Å². The van der Waals surface area contributed by atoms with E-state index in [9.17, 15) is 4.79 Å². The Morgan fingerprint density at radius 1 is 1.56 bits per heavy atom. The molecule has 1 fully saturated rings. The van der Waals surface area contributed by atoms with E-state index in [4.69, 9.17) is 5.11 Å². The lowest BCUT2D eigenvalue weighted by molar-refractivity contribution is -0.139. The van der Waals surface area contributed by atoms with E-state index in [2.05, 4.69) is 42.7 Å². The zero-order valence-corrected chi connectivity index (χ0v) is 10.9. The molecule has 1 aromatic rings. The fourth-order valence-electron chi connectivity index (χ4n) is 2.48. The number of aliphatic carboxylic acids is 1. The molecule has 1 aliphatic heterocycles. The molecule has 98 valence electrons. The molecule has 0 radical (unpaired) electrons. The van der Waals surface area contributed by atoms with Crippen molar-refractivity contribution in [3.8, 4) is 0 Å². The number of hydrogen-bond donors (Lipinski definition) is 3. The second-order valence-corrected chi connectivity index (χ2v) is 5.23. The molecule has 1 saturated heterocycles. The first kappa shape index (κ1) is 13.1. The Kier molecular flexibility index (Phi) is 3.68. The zero-order valence-electron chi connectivity index (χ0n) is 10.9. The number of aryl methyl sites for hydroxylation is 1. The van der Waals surface area contributed by atoms with Crippen LogP contribution in [-0.2, 0) is 4.79 Å². The van der Waals surface area contributed by atoms with Gasteiger partial charge in [-0.25, -0.2) is 0 Å². The first-order chi connectivity index (χ1) is 8.51. The summed E-state index contributed by atoms with van der Waals surface area (Å²) in [5.41, 5.74) is 2.13. The van der Waals surface area contributed by atoms with Crippen LogP contribution < -0.4 is 10.6 Å². The van der Waals surface area contributed by atoms with Gasteiger partial charge in [-0.2, -0.15) is 0 Å². The molecule has 0 bridgehead atoms. The van der Waals surface area contributed by atoms with Gasteiger partial charge in [-0.1, -0.05) is 29.8 Å². The molecular weight excluding hydrogens is 228 g/mol. The van der Waals surface area contributed by atoms with Crippen LogP contribution in [0, 0.1) is 6.92 Å². The van der Waals surface area contributed by atoms with Crippen molar-refractivity contribution in [3.63, 3.8) is 0 Å². The second kappa shape index (κ2) is 5.08. The van der Waals surface area contributed by atoms with Gasteiger partial charge in [0.1, 0.15) is 0 Å². The molecule has 0 spiro atoms. The molecule has 1 aliphatic rings. The van der Waals surface area contributed by atoms with Gasteiger partial charge in [-0.15, -0.1) is 0 Å². The van der Waals surface area contributed by atoms with Gasteiger partial charge in [-0.3, -0.25) is 4.79 Å². The topological polar surface area (TPSA) is 61.4 Å². The van der Waals surface area contributed by atoms with Gasteiger partial charge >= 0.3 is 5.97 Å². The molecule has 1 heterocycles. The molecule has 0 unspecified atom stereocenters. The summed E-state index contributed by atoms with van der Waals surface area (Å²) in [4.78, 5) is 10.9. The summed E-state index contributed by atoms with van der Waals surface area (Å²) in [6.07, 6.45) is 0.163. The molecule has 4 heteroatoms. The predicted octanol–water partition coefficient (Wildman–Crippen LogP) is 1.46. The largest absolute Gasteiger partial charge is 0.481 e. The van der Waals surface area contributed by atoms with Crippen LogP contribution in [0.15, 0.2) is 24.3 Å². The summed E-state index contributed by atoms with van der Waals surface area (Å²) in [6.45, 7) is 5.58. The maximum Gasteiger partial charge on any atom is 0.305 e. The summed E-state index contributed by atoms with van der Waals surface area (Å²) in [6, 6.07) is 8.47. The zero-order chi connectivity index (χ0) is 13.2. The Morgan fingerprint density at radius 3 is 2.78 bits per heavy atom. The maximum atomic E-state index is 10.9. The lowest BCUT2D eigenvalue weighted by Gasteiger charge is -2.44. The van der Waals surface area contributed by atoms with E-state index < -0.39 is 5.97 Å². The Balaban J connectivity index is 2.06. The number of carbonyl (C=O) groups is 1. The quantitative estimate of drug-likeness (QED) is 0.738. The van der Waals surface area contributed by atoms with Crippen molar-refractivity contribution in [1.82, 2.24) is 10.6 Å². The Bertz CT molecular complexity index is 441. The number of carboxylic acids is 1. The molecule has 0 amide bonds. The molecule has 2 rings (SSSR count). The van der Waals surface area contributed by atoms with Crippen molar-refractivity contribution in [2.75, 3.05) is 13.1 Å². The van der Waals surface area contributed by atoms with Gasteiger partial charge < -0.3 is 15.7 Å². The second-order valence-electron chi connectivity index (χ2n) is 5.23. The van der Waals surface area contributed by atoms with Crippen molar-refractivity contribution >= 4 is 5.97 Å². The van der Waals surface area contributed by atoms with E-state index in [0.29, 0.717) is 0 Å². The number of carboxylic acid groups (broad SMARTS) is 1. The van der Waals surface area contributed by atoms with Crippen LogP contribution in [0.2, 0.25) is 0 Å². The highest BCUT2D eigenvalue weighted by molar-refractivity contribution is 5.68. The third-order valence-corrected chi connectivity index (χ3v) is 3.48. The van der Waals surface area contributed by atoms with Crippen molar-refractivity contribution in [1.29, 1.82) is 0 Å². The van der Waals surface area contributed by atoms with Crippen LogP contribution in [0.3, 0.4) is 0 Å². The minimum atomic E-state index is -0.750. The molecule has 0 aliphatic carbocycles. The molecule has 18 heavy (non-hydrogen) atoms. The summed E-state index contributed by atoms with van der Waals surface area (Å²) < 4.78 is 0. The Labute approximate surface area is 107 Å². The van der Waals surface area contributed by atoms with Crippen LogP contribution >= 0.6 is 0 Å². The van der Waals surface area contributed by atoms with Crippen LogP contribution in [0.1, 0.15) is 30.5 Å². The van der Waals surface area contributed by atoms with Crippen LogP contribution in [0.25, 0.3) is 0 Å². The van der Waals surface area contributed by atoms with E-state index >= 15 is 0 Å². The number of rotatable bonds is 5. The van der Waals surface area contributed by atoms with Gasteiger partial charge in [0.15, 0.2) is 0 Å². The highest BCUT2D eigenvalue weighted by Crippen LogP contribution is 2.23. The highest BCUT2D eigenvalue weighted by Gasteiger charge is 2.39. The third kappa shape index (κ3) is 2.89. The van der Waals surface area contributed by atoms with Gasteiger partial charge in [-0.05, 0) is 19.4 Å². The standard InChI is InChI=1S/C14H20N2O2/c1-10-4-3-5-12(6-10)11(2)16-14(7-13(17)18)8-15-9-14/h3-6,11,15-16H,7-9H2,1-2H3,(H,17,18)/t11-/m0/s1. The van der Waals surface area contributed by atoms with Gasteiger partial charge in [0.05, 0.1) is 12.0 Å². The smallest absolute Gasteiger partial charge is 0.305 e. The minimum Gasteiger partial charge on any atom is -0.481 e. The SMILES string of the molecule is Cc1cccc([C@H](C)NC2(CC(=O)O)CNC2)c1. The van der Waals surface area contributed by atoms with Crippen LogP contribution in [0.4, 0.5) is 0 Å². The van der Waals surface area contributed by atoms with Gasteiger partial charge in [0.25, 0.3) is 0 Å². The fourth-order valence-corrected chi connectivity index (χ4v) is 2.48. The number of hydrogen-bond acceptors (Lipinski definition) is 3. The molecule has 1 atom stereocenters. The van der Waals surface area contributed by atoms with E-state index in [1.165, 1.54) is 11.1 Å². The maximum absolute atomic E-state index is 10.9. The summed E-state index contributed by atoms with van der Waals surface area (Å²) in [5.74, 6) is -0.750. The Hall–Kier alpha value is -1.39. The number of nitrogens with one attached hydrogen (secondary N) is 2. The minimum absolute atomic E-state index is 0.159. The fraction of sp³-hybridized carbons (Fsp3) is 0.500. The van der Waals surface area contributed by atoms with E-state index in [1.807, 2.05) is 6.07 Å². The molecule has 3 N–H and O–H groups in total. The normalized spacial score (nSPS) is 19.0. The number of benzene rings is 1. The molecule has 1 aromatic carbocycles. The summed E-state index contributed by atoms with van der Waals surface area (Å²) in [7, 11) is 0. The highest BCUT2D eigenvalue weighted by atomic mass is 16.4. The van der Waals surface area contributed by atoms with Gasteiger partial charge in [0.2, 0.25) is 0 Å². The van der Waals surface area contributed by atoms with Crippen molar-refractivity contribution in [3.05, 3.63) is 35.4 Å². The molecular formula is C14H20N2O2. The van der Waals surface area contributed by atoms with Crippen LogP contribution in [0.5, 0.6) is 0 Å². The van der Waals surface area contributed by atoms with Gasteiger partial charge in [0, 0.05) is 19.1 Å². The Morgan fingerprint density at radius 2 is 2.28 bits per heavy atom. The van der Waals surface area contributed by atoms with Crippen molar-refractivity contribution in [2.45, 2.75) is 31.8 Å². The third-order valence-electron chi connectivity index (χ3n) is 3.48. The lowest BCUT2D eigenvalue weighted by Crippen LogP contribution is -2.68. The first-order valence-electron chi connectivity index (χ1n) is 6.28. The predicted molar refractivity (Wildman–Crippen MR) is 70.6 cm³/mol. The molecule has 4 nitrogen and oxygen atoms in total.